The van der Waals surface area contributed by atoms with Gasteiger partial charge in [0.1, 0.15) is 11.4 Å². The fraction of sp³-hybridized carbons (Fsp3) is 0.263. The van der Waals surface area contributed by atoms with E-state index in [1.807, 2.05) is 73.1 Å². The van der Waals surface area contributed by atoms with Crippen LogP contribution in [0, 0.1) is 0 Å². The zero-order valence-electron chi connectivity index (χ0n) is 27.7. The van der Waals surface area contributed by atoms with Gasteiger partial charge in [0.2, 0.25) is 11.8 Å². The highest BCUT2D eigenvalue weighted by Gasteiger charge is 2.17. The van der Waals surface area contributed by atoms with E-state index in [9.17, 15) is 9.59 Å². The summed E-state index contributed by atoms with van der Waals surface area (Å²) >= 11 is 0. The highest BCUT2D eigenvalue weighted by molar-refractivity contribution is 5.93. The van der Waals surface area contributed by atoms with E-state index in [1.165, 1.54) is 0 Å². The number of fused-ring (bicyclic) bond motifs is 1. The molecule has 50 heavy (non-hydrogen) atoms. The standard InChI is InChI=1S/C38H38N10O2/c49-37(25-45-15-1-2-16-45)39-31-7-5-9-33(21-31)47-23-35(41-43-47)28-13-11-27-12-14-29(20-30(27)19-28)36-24-48(44-42-36)34-10-6-8-32(22-34)40-38(50)26-46-17-3-4-18-46/h5-14,19-24H,1-4,15-18,25-26H2,(H,39,49)(H,40,50). The molecule has 12 nitrogen and oxygen atoms in total. The molecule has 0 aliphatic carbocycles. The van der Waals surface area contributed by atoms with E-state index >= 15 is 0 Å². The quantitative estimate of drug-likeness (QED) is 0.199. The van der Waals surface area contributed by atoms with Crippen molar-refractivity contribution in [1.82, 2.24) is 39.8 Å². The number of nitrogens with one attached hydrogen (secondary N) is 2. The first-order valence-electron chi connectivity index (χ1n) is 17.2. The maximum Gasteiger partial charge on any atom is 0.238 e. The summed E-state index contributed by atoms with van der Waals surface area (Å²) in [4.78, 5) is 29.5. The molecule has 0 unspecified atom stereocenters. The topological polar surface area (TPSA) is 126 Å². The van der Waals surface area contributed by atoms with Gasteiger partial charge in [-0.3, -0.25) is 19.4 Å². The normalized spacial score (nSPS) is 15.1. The maximum absolute atomic E-state index is 12.6. The number of aromatic nitrogens is 6. The molecule has 2 aromatic heterocycles. The molecule has 12 heteroatoms. The van der Waals surface area contributed by atoms with Crippen molar-refractivity contribution in [2.24, 2.45) is 0 Å². The number of amides is 2. The summed E-state index contributed by atoms with van der Waals surface area (Å²) in [6, 6.07) is 27.7. The van der Waals surface area contributed by atoms with E-state index in [1.54, 1.807) is 9.36 Å². The number of anilines is 2. The van der Waals surface area contributed by atoms with Crippen LogP contribution in [0.3, 0.4) is 0 Å². The zero-order valence-corrected chi connectivity index (χ0v) is 27.7. The van der Waals surface area contributed by atoms with Crippen LogP contribution in [0.1, 0.15) is 25.7 Å². The Morgan fingerprint density at radius 2 is 1.02 bits per heavy atom. The Morgan fingerprint density at radius 1 is 0.560 bits per heavy atom. The Hall–Kier alpha value is -5.72. The van der Waals surface area contributed by atoms with Crippen LogP contribution < -0.4 is 10.6 Å². The molecular weight excluding hydrogens is 628 g/mol. The molecule has 252 valence electrons. The van der Waals surface area contributed by atoms with Crippen molar-refractivity contribution in [3.63, 3.8) is 0 Å². The van der Waals surface area contributed by atoms with Crippen LogP contribution in [0.5, 0.6) is 0 Å². The van der Waals surface area contributed by atoms with Crippen molar-refractivity contribution in [3.05, 3.63) is 97.3 Å². The minimum atomic E-state index is -0.00999. The minimum Gasteiger partial charge on any atom is -0.325 e. The van der Waals surface area contributed by atoms with Gasteiger partial charge in [0.05, 0.1) is 36.9 Å². The second-order valence-corrected chi connectivity index (χ2v) is 13.0. The van der Waals surface area contributed by atoms with Gasteiger partial charge in [0.25, 0.3) is 0 Å². The molecule has 2 amide bonds. The SMILES string of the molecule is O=C(CN1CCCC1)Nc1cccc(-n2cc(-c3ccc4ccc(-c5cn(-c6cccc(NC(=O)CN7CCCC7)c6)nn5)cc4c3)nn2)c1. The van der Waals surface area contributed by atoms with Gasteiger partial charge < -0.3 is 10.6 Å². The van der Waals surface area contributed by atoms with E-state index in [2.05, 4.69) is 65.3 Å². The van der Waals surface area contributed by atoms with Crippen LogP contribution in [0.2, 0.25) is 0 Å². The molecule has 2 aliphatic heterocycles. The van der Waals surface area contributed by atoms with Crippen LogP contribution in [-0.4, -0.2) is 90.9 Å². The highest BCUT2D eigenvalue weighted by atomic mass is 16.2. The Morgan fingerprint density at radius 3 is 1.48 bits per heavy atom. The van der Waals surface area contributed by atoms with Crippen LogP contribution in [0.4, 0.5) is 11.4 Å². The summed E-state index contributed by atoms with van der Waals surface area (Å²) < 4.78 is 3.44. The summed E-state index contributed by atoms with van der Waals surface area (Å²) in [6.45, 7) is 4.73. The minimum absolute atomic E-state index is 0.00999. The summed E-state index contributed by atoms with van der Waals surface area (Å²) in [6.07, 6.45) is 8.39. The van der Waals surface area contributed by atoms with Crippen LogP contribution >= 0.6 is 0 Å². The summed E-state index contributed by atoms with van der Waals surface area (Å²) in [7, 11) is 0. The molecular formula is C38H38N10O2. The fourth-order valence-corrected chi connectivity index (χ4v) is 6.75. The number of carbonyl (C=O) groups is 2. The molecule has 0 bridgehead atoms. The first kappa shape index (κ1) is 31.5. The van der Waals surface area contributed by atoms with Crippen molar-refractivity contribution in [2.75, 3.05) is 49.9 Å². The number of nitrogens with zero attached hydrogens (tertiary/aromatic N) is 8. The van der Waals surface area contributed by atoms with E-state index in [-0.39, 0.29) is 11.8 Å². The van der Waals surface area contributed by atoms with Gasteiger partial charge in [-0.1, -0.05) is 46.8 Å². The molecule has 2 saturated heterocycles. The number of benzene rings is 4. The number of likely N-dealkylation sites (tertiary alicyclic amines) is 2. The predicted octanol–water partition coefficient (Wildman–Crippen LogP) is 5.40. The smallest absolute Gasteiger partial charge is 0.238 e. The number of hydrogen-bond acceptors (Lipinski definition) is 8. The zero-order chi connectivity index (χ0) is 33.9. The Bertz CT molecular complexity index is 2010. The number of hydrogen-bond donors (Lipinski definition) is 2. The third-order valence-corrected chi connectivity index (χ3v) is 9.34. The van der Waals surface area contributed by atoms with Gasteiger partial charge in [0.15, 0.2) is 0 Å². The third kappa shape index (κ3) is 7.16. The summed E-state index contributed by atoms with van der Waals surface area (Å²) in [5, 5.41) is 25.9. The fourth-order valence-electron chi connectivity index (χ4n) is 6.75. The molecule has 8 rings (SSSR count). The second kappa shape index (κ2) is 14.0. The van der Waals surface area contributed by atoms with Crippen LogP contribution in [0.25, 0.3) is 44.7 Å². The molecule has 6 aromatic rings. The lowest BCUT2D eigenvalue weighted by Crippen LogP contribution is -2.30. The van der Waals surface area contributed by atoms with Crippen molar-refractivity contribution in [1.29, 1.82) is 0 Å². The first-order chi connectivity index (χ1) is 24.5. The van der Waals surface area contributed by atoms with E-state index in [4.69, 9.17) is 0 Å². The van der Waals surface area contributed by atoms with Crippen LogP contribution in [0.15, 0.2) is 97.3 Å². The average Bonchev–Trinajstić information content (AvgIpc) is 3.97. The molecule has 0 radical (unpaired) electrons. The monoisotopic (exact) mass is 666 g/mol. The average molecular weight is 667 g/mol. The van der Waals surface area contributed by atoms with Gasteiger partial charge in [-0.05, 0) is 111 Å². The lowest BCUT2D eigenvalue weighted by atomic mass is 10.0. The molecule has 0 atom stereocenters. The van der Waals surface area contributed by atoms with Crippen molar-refractivity contribution in [3.8, 4) is 33.9 Å². The lowest BCUT2D eigenvalue weighted by Gasteiger charge is -2.14. The Labute approximate surface area is 289 Å². The van der Waals surface area contributed by atoms with Crippen LogP contribution in [-0.2, 0) is 9.59 Å². The molecule has 2 fully saturated rings. The second-order valence-electron chi connectivity index (χ2n) is 13.0. The molecule has 0 saturated carbocycles. The Balaban J connectivity index is 0.965. The molecule has 4 aromatic carbocycles. The molecule has 4 heterocycles. The van der Waals surface area contributed by atoms with Gasteiger partial charge in [-0.25, -0.2) is 9.36 Å². The number of rotatable bonds is 10. The van der Waals surface area contributed by atoms with Gasteiger partial charge >= 0.3 is 0 Å². The van der Waals surface area contributed by atoms with Crippen molar-refractivity contribution >= 4 is 34.0 Å². The van der Waals surface area contributed by atoms with Gasteiger partial charge in [-0.15, -0.1) is 10.2 Å². The van der Waals surface area contributed by atoms with Crippen molar-refractivity contribution < 1.29 is 9.59 Å². The lowest BCUT2D eigenvalue weighted by molar-refractivity contribution is -0.117. The summed E-state index contributed by atoms with van der Waals surface area (Å²) in [5.74, 6) is -0.0200. The van der Waals surface area contributed by atoms with E-state index in [0.717, 1.165) is 108 Å². The van der Waals surface area contributed by atoms with E-state index in [0.29, 0.717) is 13.1 Å². The number of carbonyl (C=O) groups excluding carboxylic acids is 2. The maximum atomic E-state index is 12.6. The molecule has 2 N–H and O–H groups in total. The molecule has 2 aliphatic rings. The summed E-state index contributed by atoms with van der Waals surface area (Å²) in [5.41, 5.74) is 6.41. The largest absolute Gasteiger partial charge is 0.325 e. The first-order valence-corrected chi connectivity index (χ1v) is 17.2. The predicted molar refractivity (Wildman–Crippen MR) is 193 cm³/mol. The highest BCUT2D eigenvalue weighted by Crippen LogP contribution is 2.28. The Kier molecular flexibility index (Phi) is 8.85. The third-order valence-electron chi connectivity index (χ3n) is 9.34. The van der Waals surface area contributed by atoms with Gasteiger partial charge in [-0.2, -0.15) is 0 Å². The van der Waals surface area contributed by atoms with E-state index < -0.39 is 0 Å². The molecule has 0 spiro atoms. The van der Waals surface area contributed by atoms with Crippen molar-refractivity contribution in [2.45, 2.75) is 25.7 Å². The van der Waals surface area contributed by atoms with Gasteiger partial charge in [0, 0.05) is 22.5 Å².